The van der Waals surface area contributed by atoms with Crippen molar-refractivity contribution in [2.45, 2.75) is 25.8 Å². The molecule has 0 atom stereocenters. The molecule has 0 radical (unpaired) electrons. The second kappa shape index (κ2) is 6.54. The van der Waals surface area contributed by atoms with Gasteiger partial charge in [0.1, 0.15) is 11.2 Å². The summed E-state index contributed by atoms with van der Waals surface area (Å²) in [5.74, 6) is 1.47. The number of piperidine rings is 1. The highest BCUT2D eigenvalue weighted by Gasteiger charge is 2.12. The molecular weight excluding hydrogens is 318 g/mol. The Balaban J connectivity index is 1.46. The molecule has 0 aromatic carbocycles. The van der Waals surface area contributed by atoms with Crippen molar-refractivity contribution in [3.63, 3.8) is 0 Å². The molecule has 0 saturated carbocycles. The maximum absolute atomic E-state index is 12.0. The van der Waals surface area contributed by atoms with E-state index in [0.717, 1.165) is 24.5 Å². The minimum atomic E-state index is -0.195. The van der Waals surface area contributed by atoms with E-state index in [1.54, 1.807) is 11.7 Å². The Labute approximate surface area is 144 Å². The van der Waals surface area contributed by atoms with Crippen LogP contribution in [0.3, 0.4) is 0 Å². The molecule has 0 spiro atoms. The third-order valence-corrected chi connectivity index (χ3v) is 4.55. The minimum absolute atomic E-state index is 0.195. The molecule has 3 aromatic rings. The van der Waals surface area contributed by atoms with Crippen molar-refractivity contribution in [2.24, 2.45) is 7.05 Å². The summed E-state index contributed by atoms with van der Waals surface area (Å²) in [5.41, 5.74) is 1.40. The first kappa shape index (κ1) is 15.6. The Kier molecular flexibility index (Phi) is 4.09. The summed E-state index contributed by atoms with van der Waals surface area (Å²) < 4.78 is 1.59. The topological polar surface area (TPSA) is 91.7 Å². The summed E-state index contributed by atoms with van der Waals surface area (Å²) in [5, 5.41) is 7.70. The molecule has 0 aliphatic carbocycles. The summed E-state index contributed by atoms with van der Waals surface area (Å²) in [4.78, 5) is 26.1. The molecule has 0 unspecified atom stereocenters. The van der Waals surface area contributed by atoms with E-state index in [2.05, 4.69) is 42.4 Å². The van der Waals surface area contributed by atoms with E-state index in [4.69, 9.17) is 0 Å². The van der Waals surface area contributed by atoms with Gasteiger partial charge in [0.15, 0.2) is 5.65 Å². The number of aromatic amines is 1. The lowest BCUT2D eigenvalue weighted by atomic mass is 10.1. The Morgan fingerprint density at radius 3 is 2.80 bits per heavy atom. The van der Waals surface area contributed by atoms with E-state index in [9.17, 15) is 4.79 Å². The predicted octanol–water partition coefficient (Wildman–Crippen LogP) is 1.65. The van der Waals surface area contributed by atoms with Gasteiger partial charge in [0.2, 0.25) is 5.95 Å². The third kappa shape index (κ3) is 3.19. The van der Waals surface area contributed by atoms with Gasteiger partial charge in [0.05, 0.1) is 6.20 Å². The standard InChI is InChI=1S/C17H21N7O/c1-23-15-13(11-20-23)16(25)22-17(21-15)19-10-12-5-6-14(18-9-12)24-7-3-2-4-8-24/h5-6,9,11H,2-4,7-8,10H2,1H3,(H2,19,21,22,25). The number of nitrogens with zero attached hydrogens (tertiary/aromatic N) is 5. The van der Waals surface area contributed by atoms with Gasteiger partial charge < -0.3 is 10.2 Å². The van der Waals surface area contributed by atoms with Crippen LogP contribution in [0.15, 0.2) is 29.3 Å². The SMILES string of the molecule is Cn1ncc2c(=O)[nH]c(NCc3ccc(N4CCCCC4)nc3)nc21. The van der Waals surface area contributed by atoms with Crippen LogP contribution in [0.4, 0.5) is 11.8 Å². The molecule has 0 bridgehead atoms. The van der Waals surface area contributed by atoms with E-state index in [0.29, 0.717) is 23.5 Å². The van der Waals surface area contributed by atoms with Gasteiger partial charge in [-0.05, 0) is 30.9 Å². The highest BCUT2D eigenvalue weighted by Crippen LogP contribution is 2.17. The summed E-state index contributed by atoms with van der Waals surface area (Å²) in [7, 11) is 1.77. The van der Waals surface area contributed by atoms with Crippen LogP contribution in [0.5, 0.6) is 0 Å². The van der Waals surface area contributed by atoms with Crippen LogP contribution >= 0.6 is 0 Å². The Bertz CT molecular complexity index is 922. The van der Waals surface area contributed by atoms with Gasteiger partial charge in [0, 0.05) is 32.9 Å². The van der Waals surface area contributed by atoms with Gasteiger partial charge in [-0.15, -0.1) is 0 Å². The van der Waals surface area contributed by atoms with Crippen LogP contribution in [0.2, 0.25) is 0 Å². The summed E-state index contributed by atoms with van der Waals surface area (Å²) in [6.07, 6.45) is 7.18. The number of hydrogen-bond donors (Lipinski definition) is 2. The van der Waals surface area contributed by atoms with Crippen molar-refractivity contribution in [1.29, 1.82) is 0 Å². The lowest BCUT2D eigenvalue weighted by molar-refractivity contribution is 0.573. The van der Waals surface area contributed by atoms with Crippen molar-refractivity contribution < 1.29 is 0 Å². The number of aromatic nitrogens is 5. The van der Waals surface area contributed by atoms with E-state index < -0.39 is 0 Å². The number of H-pyrrole nitrogens is 1. The van der Waals surface area contributed by atoms with Crippen LogP contribution in [-0.4, -0.2) is 37.8 Å². The van der Waals surface area contributed by atoms with Gasteiger partial charge in [-0.3, -0.25) is 14.5 Å². The summed E-state index contributed by atoms with van der Waals surface area (Å²) in [6, 6.07) is 4.12. The smallest absolute Gasteiger partial charge is 0.263 e. The monoisotopic (exact) mass is 339 g/mol. The number of rotatable bonds is 4. The molecule has 1 aliphatic rings. The van der Waals surface area contributed by atoms with E-state index in [-0.39, 0.29) is 5.56 Å². The highest BCUT2D eigenvalue weighted by molar-refractivity contribution is 5.74. The molecule has 3 aromatic heterocycles. The van der Waals surface area contributed by atoms with Crippen molar-refractivity contribution >= 4 is 22.8 Å². The van der Waals surface area contributed by atoms with Gasteiger partial charge in [-0.2, -0.15) is 10.1 Å². The molecule has 4 heterocycles. The second-order valence-corrected chi connectivity index (χ2v) is 6.35. The van der Waals surface area contributed by atoms with Crippen molar-refractivity contribution in [3.05, 3.63) is 40.4 Å². The maximum atomic E-state index is 12.0. The zero-order chi connectivity index (χ0) is 17.2. The number of anilines is 2. The quantitative estimate of drug-likeness (QED) is 0.751. The first-order valence-electron chi connectivity index (χ1n) is 8.56. The molecule has 1 aliphatic heterocycles. The van der Waals surface area contributed by atoms with Crippen LogP contribution in [0, 0.1) is 0 Å². The molecular formula is C17H21N7O. The first-order valence-corrected chi connectivity index (χ1v) is 8.56. The lowest BCUT2D eigenvalue weighted by Crippen LogP contribution is -2.30. The van der Waals surface area contributed by atoms with Crippen LogP contribution in [-0.2, 0) is 13.6 Å². The molecule has 0 amide bonds. The minimum Gasteiger partial charge on any atom is -0.357 e. The average Bonchev–Trinajstić information content (AvgIpc) is 3.03. The zero-order valence-electron chi connectivity index (χ0n) is 14.2. The third-order valence-electron chi connectivity index (χ3n) is 4.55. The second-order valence-electron chi connectivity index (χ2n) is 6.35. The van der Waals surface area contributed by atoms with Gasteiger partial charge in [0.25, 0.3) is 5.56 Å². The molecule has 8 heteroatoms. The van der Waals surface area contributed by atoms with Crippen LogP contribution in [0.25, 0.3) is 11.0 Å². The molecule has 1 saturated heterocycles. The number of nitrogens with one attached hydrogen (secondary N) is 2. The van der Waals surface area contributed by atoms with Crippen LogP contribution in [0.1, 0.15) is 24.8 Å². The Morgan fingerprint density at radius 2 is 2.04 bits per heavy atom. The average molecular weight is 339 g/mol. The lowest BCUT2D eigenvalue weighted by Gasteiger charge is -2.27. The predicted molar refractivity (Wildman–Crippen MR) is 96.8 cm³/mol. The summed E-state index contributed by atoms with van der Waals surface area (Å²) >= 11 is 0. The Morgan fingerprint density at radius 1 is 1.20 bits per heavy atom. The van der Waals surface area contributed by atoms with Gasteiger partial charge in [-0.25, -0.2) is 4.98 Å². The fourth-order valence-electron chi connectivity index (χ4n) is 3.13. The normalized spacial score (nSPS) is 14.8. The number of aryl methyl sites for hydroxylation is 1. The number of pyridine rings is 1. The zero-order valence-corrected chi connectivity index (χ0v) is 14.2. The molecule has 25 heavy (non-hydrogen) atoms. The molecule has 2 N–H and O–H groups in total. The van der Waals surface area contributed by atoms with Crippen molar-refractivity contribution in [1.82, 2.24) is 24.7 Å². The van der Waals surface area contributed by atoms with Crippen molar-refractivity contribution in [3.8, 4) is 0 Å². The molecule has 130 valence electrons. The summed E-state index contributed by atoms with van der Waals surface area (Å²) in [6.45, 7) is 2.71. The largest absolute Gasteiger partial charge is 0.357 e. The van der Waals surface area contributed by atoms with Gasteiger partial charge in [-0.1, -0.05) is 6.07 Å². The molecule has 1 fully saturated rings. The number of fused-ring (bicyclic) bond motifs is 1. The molecule has 8 nitrogen and oxygen atoms in total. The molecule has 4 rings (SSSR count). The fraction of sp³-hybridized carbons (Fsp3) is 0.412. The van der Waals surface area contributed by atoms with Crippen LogP contribution < -0.4 is 15.8 Å². The highest BCUT2D eigenvalue weighted by atomic mass is 16.1. The van der Waals surface area contributed by atoms with E-state index in [1.165, 1.54) is 25.5 Å². The van der Waals surface area contributed by atoms with Gasteiger partial charge >= 0.3 is 0 Å². The first-order chi connectivity index (χ1) is 12.2. The fourth-order valence-corrected chi connectivity index (χ4v) is 3.13. The number of hydrogen-bond acceptors (Lipinski definition) is 6. The van der Waals surface area contributed by atoms with E-state index in [1.807, 2.05) is 6.20 Å². The van der Waals surface area contributed by atoms with E-state index >= 15 is 0 Å². The van der Waals surface area contributed by atoms with Crippen molar-refractivity contribution in [2.75, 3.05) is 23.3 Å². The maximum Gasteiger partial charge on any atom is 0.263 e. The Hall–Kier alpha value is -2.90.